The number of rotatable bonds is 5. The van der Waals surface area contributed by atoms with Crippen LogP contribution >= 0.6 is 15.9 Å². The van der Waals surface area contributed by atoms with Gasteiger partial charge < -0.3 is 10.5 Å². The van der Waals surface area contributed by atoms with Gasteiger partial charge in [0.2, 0.25) is 0 Å². The zero-order valence-corrected chi connectivity index (χ0v) is 10.6. The van der Waals surface area contributed by atoms with Gasteiger partial charge in [0.1, 0.15) is 17.7 Å². The van der Waals surface area contributed by atoms with Crippen LogP contribution in [0.3, 0.4) is 0 Å². The molecule has 0 radical (unpaired) electrons. The van der Waals surface area contributed by atoms with Crippen LogP contribution in [0.5, 0.6) is 5.75 Å². The van der Waals surface area contributed by atoms with Gasteiger partial charge >= 0.3 is 0 Å². The summed E-state index contributed by atoms with van der Waals surface area (Å²) in [5, 5.41) is 7.21. The molecular formula is C11H14BrFN2O. The Labute approximate surface area is 102 Å². The lowest BCUT2D eigenvalue weighted by atomic mass is 10.2. The summed E-state index contributed by atoms with van der Waals surface area (Å²) in [5.74, 6) is 0.332. The van der Waals surface area contributed by atoms with Gasteiger partial charge in [-0.2, -0.15) is 0 Å². The normalized spacial score (nSPS) is 12.2. The first-order chi connectivity index (χ1) is 7.52. The highest BCUT2D eigenvalue weighted by Gasteiger charge is 2.12. The van der Waals surface area contributed by atoms with Crippen LogP contribution in [0.15, 0.2) is 22.7 Å². The average Bonchev–Trinajstić information content (AvgIpc) is 2.20. The molecular weight excluding hydrogens is 275 g/mol. The van der Waals surface area contributed by atoms with Gasteiger partial charge in [-0.05, 0) is 40.5 Å². The maximum Gasteiger partial charge on any atom is 0.134 e. The second kappa shape index (κ2) is 5.84. The molecule has 1 aromatic rings. The molecule has 1 aromatic carbocycles. The highest BCUT2D eigenvalue weighted by Crippen LogP contribution is 2.27. The van der Waals surface area contributed by atoms with Crippen molar-refractivity contribution in [2.45, 2.75) is 25.9 Å². The molecule has 0 heterocycles. The standard InChI is InChI=1S/C11H14BrFN2O/c1-2-8(6-11(14)15)16-10-4-3-7(13)5-9(10)12/h3-5,8H,2,6H2,1H3,(H3,14,15). The molecule has 0 aromatic heterocycles. The second-order valence-corrected chi connectivity index (χ2v) is 4.31. The molecule has 0 aliphatic carbocycles. The first-order valence-corrected chi connectivity index (χ1v) is 5.76. The van der Waals surface area contributed by atoms with E-state index in [1.165, 1.54) is 12.1 Å². The number of ether oxygens (including phenoxy) is 1. The van der Waals surface area contributed by atoms with Crippen LogP contribution in [0.2, 0.25) is 0 Å². The molecule has 1 atom stereocenters. The van der Waals surface area contributed by atoms with E-state index in [9.17, 15) is 4.39 Å². The molecule has 5 heteroatoms. The molecule has 0 saturated heterocycles. The molecule has 0 fully saturated rings. The summed E-state index contributed by atoms with van der Waals surface area (Å²) in [6.07, 6.45) is 0.961. The number of nitrogens with two attached hydrogens (primary N) is 1. The van der Waals surface area contributed by atoms with Gasteiger partial charge in [-0.25, -0.2) is 4.39 Å². The minimum atomic E-state index is -0.321. The van der Waals surface area contributed by atoms with Crippen LogP contribution in [0.25, 0.3) is 0 Å². The van der Waals surface area contributed by atoms with Gasteiger partial charge in [0, 0.05) is 6.42 Å². The van der Waals surface area contributed by atoms with Crippen molar-refractivity contribution in [3.05, 3.63) is 28.5 Å². The number of benzene rings is 1. The van der Waals surface area contributed by atoms with Crippen molar-refractivity contribution < 1.29 is 9.13 Å². The molecule has 3 N–H and O–H groups in total. The van der Waals surface area contributed by atoms with E-state index in [4.69, 9.17) is 15.9 Å². The van der Waals surface area contributed by atoms with Gasteiger partial charge in [0.25, 0.3) is 0 Å². The number of halogens is 2. The highest BCUT2D eigenvalue weighted by atomic mass is 79.9. The number of amidine groups is 1. The lowest BCUT2D eigenvalue weighted by Gasteiger charge is -2.17. The Morgan fingerprint density at radius 1 is 1.62 bits per heavy atom. The van der Waals surface area contributed by atoms with Crippen LogP contribution in [0.4, 0.5) is 4.39 Å². The van der Waals surface area contributed by atoms with Crippen LogP contribution in [-0.2, 0) is 0 Å². The van der Waals surface area contributed by atoms with Gasteiger partial charge in [-0.15, -0.1) is 0 Å². The summed E-state index contributed by atoms with van der Waals surface area (Å²) < 4.78 is 19.0. The van der Waals surface area contributed by atoms with E-state index in [1.807, 2.05) is 6.92 Å². The van der Waals surface area contributed by atoms with E-state index in [-0.39, 0.29) is 17.8 Å². The summed E-state index contributed by atoms with van der Waals surface area (Å²) >= 11 is 3.22. The summed E-state index contributed by atoms with van der Waals surface area (Å²) in [6.45, 7) is 1.95. The largest absolute Gasteiger partial charge is 0.489 e. The minimum absolute atomic E-state index is 0.0880. The number of hydrogen-bond acceptors (Lipinski definition) is 2. The summed E-state index contributed by atoms with van der Waals surface area (Å²) in [5.41, 5.74) is 5.32. The third-order valence-corrected chi connectivity index (χ3v) is 2.71. The van der Waals surface area contributed by atoms with Crippen LogP contribution in [0.1, 0.15) is 19.8 Å². The first-order valence-electron chi connectivity index (χ1n) is 4.97. The third-order valence-electron chi connectivity index (χ3n) is 2.09. The number of hydrogen-bond donors (Lipinski definition) is 2. The second-order valence-electron chi connectivity index (χ2n) is 3.45. The molecule has 88 valence electrons. The van der Waals surface area contributed by atoms with Crippen molar-refractivity contribution in [1.29, 1.82) is 5.41 Å². The van der Waals surface area contributed by atoms with Crippen molar-refractivity contribution in [3.63, 3.8) is 0 Å². The minimum Gasteiger partial charge on any atom is -0.489 e. The van der Waals surface area contributed by atoms with Gasteiger partial charge in [0.15, 0.2) is 0 Å². The Morgan fingerprint density at radius 3 is 2.81 bits per heavy atom. The SMILES string of the molecule is CCC(CC(=N)N)Oc1ccc(F)cc1Br. The van der Waals surface area contributed by atoms with Gasteiger partial charge in [0.05, 0.1) is 10.3 Å². The average molecular weight is 289 g/mol. The smallest absolute Gasteiger partial charge is 0.134 e. The first kappa shape index (κ1) is 13.0. The monoisotopic (exact) mass is 288 g/mol. The lowest BCUT2D eigenvalue weighted by Crippen LogP contribution is -2.24. The fourth-order valence-electron chi connectivity index (χ4n) is 1.26. The molecule has 3 nitrogen and oxygen atoms in total. The Kier molecular flexibility index (Phi) is 4.73. The Bertz CT molecular complexity index is 384. The zero-order chi connectivity index (χ0) is 12.1. The van der Waals surface area contributed by atoms with Crippen LogP contribution < -0.4 is 10.5 Å². The predicted octanol–water partition coefficient (Wildman–Crippen LogP) is 3.07. The van der Waals surface area contributed by atoms with Crippen molar-refractivity contribution >= 4 is 21.8 Å². The fourth-order valence-corrected chi connectivity index (χ4v) is 1.71. The summed E-state index contributed by atoms with van der Waals surface area (Å²) in [6, 6.07) is 4.23. The van der Waals surface area contributed by atoms with E-state index in [0.29, 0.717) is 16.6 Å². The van der Waals surface area contributed by atoms with Crippen LogP contribution in [-0.4, -0.2) is 11.9 Å². The Hall–Kier alpha value is -1.10. The number of nitrogens with one attached hydrogen (secondary N) is 1. The summed E-state index contributed by atoms with van der Waals surface area (Å²) in [7, 11) is 0. The van der Waals surface area contributed by atoms with Crippen molar-refractivity contribution in [3.8, 4) is 5.75 Å². The molecule has 0 aliphatic rings. The molecule has 0 bridgehead atoms. The maximum atomic E-state index is 12.8. The molecule has 0 saturated carbocycles. The molecule has 1 rings (SSSR count). The van der Waals surface area contributed by atoms with Crippen molar-refractivity contribution in [2.75, 3.05) is 0 Å². The van der Waals surface area contributed by atoms with Crippen molar-refractivity contribution in [2.24, 2.45) is 5.73 Å². The Morgan fingerprint density at radius 2 is 2.31 bits per heavy atom. The van der Waals surface area contributed by atoms with Gasteiger partial charge in [-0.1, -0.05) is 6.92 Å². The quantitative estimate of drug-likeness (QED) is 0.646. The molecule has 0 aliphatic heterocycles. The van der Waals surface area contributed by atoms with E-state index in [1.54, 1.807) is 6.07 Å². The van der Waals surface area contributed by atoms with Gasteiger partial charge in [-0.3, -0.25) is 5.41 Å². The zero-order valence-electron chi connectivity index (χ0n) is 8.97. The summed E-state index contributed by atoms with van der Waals surface area (Å²) in [4.78, 5) is 0. The molecule has 1 unspecified atom stereocenters. The van der Waals surface area contributed by atoms with E-state index in [2.05, 4.69) is 15.9 Å². The van der Waals surface area contributed by atoms with E-state index in [0.717, 1.165) is 6.42 Å². The highest BCUT2D eigenvalue weighted by molar-refractivity contribution is 9.10. The Balaban J connectivity index is 2.73. The molecule has 0 amide bonds. The maximum absolute atomic E-state index is 12.8. The van der Waals surface area contributed by atoms with E-state index < -0.39 is 0 Å². The third kappa shape index (κ3) is 3.81. The molecule has 16 heavy (non-hydrogen) atoms. The lowest BCUT2D eigenvalue weighted by molar-refractivity contribution is 0.203. The fraction of sp³-hybridized carbons (Fsp3) is 0.364. The predicted molar refractivity (Wildman–Crippen MR) is 65.3 cm³/mol. The topological polar surface area (TPSA) is 59.1 Å². The van der Waals surface area contributed by atoms with Crippen molar-refractivity contribution in [1.82, 2.24) is 0 Å². The van der Waals surface area contributed by atoms with E-state index >= 15 is 0 Å². The molecule has 0 spiro atoms. The van der Waals surface area contributed by atoms with Crippen LogP contribution in [0, 0.1) is 11.2 Å².